The second-order valence-electron chi connectivity index (χ2n) is 9.42. The van der Waals surface area contributed by atoms with E-state index in [1.165, 1.54) is 27.5 Å². The van der Waals surface area contributed by atoms with Crippen molar-refractivity contribution in [1.29, 1.82) is 0 Å². The first kappa shape index (κ1) is 20.0. The Labute approximate surface area is 193 Å². The molecule has 1 N–H and O–H groups in total. The first-order valence-corrected chi connectivity index (χ1v) is 11.9. The second-order valence-corrected chi connectivity index (χ2v) is 10.1. The molecule has 0 saturated heterocycles. The predicted octanol–water partition coefficient (Wildman–Crippen LogP) is 6.06. The zero-order valence-electron chi connectivity index (χ0n) is 18.3. The van der Waals surface area contributed by atoms with E-state index >= 15 is 0 Å². The molecular weight excluding hydrogens is 416 g/mol. The van der Waals surface area contributed by atoms with Gasteiger partial charge in [0.25, 0.3) is 0 Å². The van der Waals surface area contributed by atoms with Crippen LogP contribution in [0, 0.1) is 5.92 Å². The Morgan fingerprint density at radius 3 is 2.84 bits per heavy atom. The van der Waals surface area contributed by atoms with Gasteiger partial charge in [0.2, 0.25) is 0 Å². The number of aromatic nitrogens is 3. The molecule has 3 atom stereocenters. The van der Waals surface area contributed by atoms with Gasteiger partial charge < -0.3 is 5.32 Å². The molecule has 162 valence electrons. The number of rotatable bonds is 2. The molecule has 5 heteroatoms. The molecule has 3 unspecified atom stereocenters. The molecule has 2 aliphatic rings. The van der Waals surface area contributed by atoms with Gasteiger partial charge >= 0.3 is 0 Å². The van der Waals surface area contributed by atoms with Gasteiger partial charge in [0.1, 0.15) is 6.33 Å². The van der Waals surface area contributed by atoms with E-state index in [9.17, 15) is 0 Å². The van der Waals surface area contributed by atoms with Crippen molar-refractivity contribution in [2.75, 3.05) is 0 Å². The van der Waals surface area contributed by atoms with E-state index in [1.807, 2.05) is 0 Å². The van der Waals surface area contributed by atoms with Gasteiger partial charge in [-0.2, -0.15) is 0 Å². The molecular formula is C27H27ClN4. The van der Waals surface area contributed by atoms with Crippen LogP contribution in [0.25, 0.3) is 16.5 Å². The molecule has 4 aromatic rings. The van der Waals surface area contributed by atoms with Crippen LogP contribution in [0.15, 0.2) is 67.0 Å². The Balaban J connectivity index is 1.31. The summed E-state index contributed by atoms with van der Waals surface area (Å²) >= 11 is 7.38. The predicted molar refractivity (Wildman–Crippen MR) is 129 cm³/mol. The maximum atomic E-state index is 7.38. The van der Waals surface area contributed by atoms with E-state index in [0.29, 0.717) is 11.8 Å². The Hall–Kier alpha value is -2.69. The third-order valence-electron chi connectivity index (χ3n) is 7.48. The van der Waals surface area contributed by atoms with Crippen molar-refractivity contribution in [2.24, 2.45) is 5.92 Å². The molecule has 1 fully saturated rings. The lowest BCUT2D eigenvalue weighted by molar-refractivity contribution is 0.271. The van der Waals surface area contributed by atoms with E-state index in [2.05, 4.69) is 87.7 Å². The summed E-state index contributed by atoms with van der Waals surface area (Å²) in [5, 5.41) is 14.5. The topological polar surface area (TPSA) is 42.7 Å². The fraction of sp³-hybridized carbons (Fsp3) is 0.333. The van der Waals surface area contributed by atoms with Gasteiger partial charge in [0, 0.05) is 6.54 Å². The minimum atomic E-state index is -0.322. The standard InChI is InChI=1S/C27H27ClN4/c1-18-14-27(28,12-11-22(18)24-8-4-6-19-5-2-3-7-23(19)24)21-9-10-25-20(13-21)15-29-16-26-31-30-17-32(25)26/h2-10,13,17-18,22,29H,11-12,14-16H2,1H3. The maximum absolute atomic E-state index is 7.38. The highest BCUT2D eigenvalue weighted by atomic mass is 35.5. The van der Waals surface area contributed by atoms with Gasteiger partial charge in [-0.15, -0.1) is 21.8 Å². The van der Waals surface area contributed by atoms with Crippen LogP contribution >= 0.6 is 11.6 Å². The smallest absolute Gasteiger partial charge is 0.151 e. The fourth-order valence-electron chi connectivity index (χ4n) is 5.85. The second kappa shape index (κ2) is 7.72. The van der Waals surface area contributed by atoms with Crippen LogP contribution in [0.1, 0.15) is 54.6 Å². The highest BCUT2D eigenvalue weighted by Crippen LogP contribution is 2.51. The Morgan fingerprint density at radius 2 is 1.94 bits per heavy atom. The molecule has 1 aromatic heterocycles. The lowest BCUT2D eigenvalue weighted by Gasteiger charge is -2.41. The van der Waals surface area contributed by atoms with Gasteiger partial charge in [-0.1, -0.05) is 61.5 Å². The quantitative estimate of drug-likeness (QED) is 0.383. The van der Waals surface area contributed by atoms with E-state index in [0.717, 1.165) is 43.9 Å². The molecule has 0 bridgehead atoms. The average Bonchev–Trinajstić information content (AvgIpc) is 3.20. The number of hydrogen-bond acceptors (Lipinski definition) is 3. The Bertz CT molecular complexity index is 1290. The summed E-state index contributed by atoms with van der Waals surface area (Å²) in [6, 6.07) is 22.2. The van der Waals surface area contributed by atoms with Crippen molar-refractivity contribution in [3.8, 4) is 5.69 Å². The first-order valence-electron chi connectivity index (χ1n) is 11.5. The number of halogens is 1. The summed E-state index contributed by atoms with van der Waals surface area (Å²) < 4.78 is 2.08. The van der Waals surface area contributed by atoms with Gasteiger partial charge in [0.15, 0.2) is 5.82 Å². The largest absolute Gasteiger partial charge is 0.306 e. The van der Waals surface area contributed by atoms with Crippen LogP contribution < -0.4 is 5.32 Å². The summed E-state index contributed by atoms with van der Waals surface area (Å²) in [6.45, 7) is 3.91. The van der Waals surface area contributed by atoms with Crippen LogP contribution in [0.3, 0.4) is 0 Å². The minimum Gasteiger partial charge on any atom is -0.306 e. The molecule has 6 rings (SSSR count). The van der Waals surface area contributed by atoms with Gasteiger partial charge in [-0.3, -0.25) is 4.57 Å². The van der Waals surface area contributed by atoms with Gasteiger partial charge in [0.05, 0.1) is 17.1 Å². The zero-order valence-corrected chi connectivity index (χ0v) is 19.0. The Kier molecular flexibility index (Phi) is 4.81. The molecule has 3 aromatic carbocycles. The van der Waals surface area contributed by atoms with E-state index < -0.39 is 0 Å². The maximum Gasteiger partial charge on any atom is 0.151 e. The molecule has 0 spiro atoms. The molecule has 1 saturated carbocycles. The van der Waals surface area contributed by atoms with Crippen molar-refractivity contribution in [1.82, 2.24) is 20.1 Å². The van der Waals surface area contributed by atoms with Crippen molar-refractivity contribution < 1.29 is 0 Å². The van der Waals surface area contributed by atoms with Crippen LogP contribution in [0.2, 0.25) is 0 Å². The molecule has 0 radical (unpaired) electrons. The molecule has 4 nitrogen and oxygen atoms in total. The van der Waals surface area contributed by atoms with E-state index in [-0.39, 0.29) is 4.87 Å². The number of nitrogens with one attached hydrogen (secondary N) is 1. The molecule has 1 aliphatic heterocycles. The summed E-state index contributed by atoms with van der Waals surface area (Å²) in [5.41, 5.74) is 5.11. The molecule has 32 heavy (non-hydrogen) atoms. The normalized spacial score (nSPS) is 25.2. The lowest BCUT2D eigenvalue weighted by atomic mass is 9.69. The zero-order chi connectivity index (χ0) is 21.7. The average molecular weight is 443 g/mol. The summed E-state index contributed by atoms with van der Waals surface area (Å²) in [6.07, 6.45) is 4.86. The summed E-state index contributed by atoms with van der Waals surface area (Å²) in [5.74, 6) is 1.99. The lowest BCUT2D eigenvalue weighted by Crippen LogP contribution is -2.31. The number of nitrogens with zero attached hydrogens (tertiary/aromatic N) is 3. The van der Waals surface area contributed by atoms with Crippen LogP contribution in [-0.2, 0) is 18.0 Å². The van der Waals surface area contributed by atoms with Gasteiger partial charge in [-0.25, -0.2) is 0 Å². The Morgan fingerprint density at radius 1 is 1.06 bits per heavy atom. The first-order chi connectivity index (χ1) is 15.6. The fourth-order valence-corrected chi connectivity index (χ4v) is 6.32. The van der Waals surface area contributed by atoms with Crippen molar-refractivity contribution >= 4 is 22.4 Å². The van der Waals surface area contributed by atoms with Crippen LogP contribution in [0.5, 0.6) is 0 Å². The third kappa shape index (κ3) is 3.25. The van der Waals surface area contributed by atoms with Crippen LogP contribution in [0.4, 0.5) is 0 Å². The van der Waals surface area contributed by atoms with Crippen molar-refractivity contribution in [2.45, 2.75) is 50.1 Å². The number of benzene rings is 3. The van der Waals surface area contributed by atoms with Crippen molar-refractivity contribution in [3.63, 3.8) is 0 Å². The summed E-state index contributed by atoms with van der Waals surface area (Å²) in [4.78, 5) is -0.322. The molecule has 2 heterocycles. The minimum absolute atomic E-state index is 0.322. The molecule has 1 aliphatic carbocycles. The monoisotopic (exact) mass is 442 g/mol. The SMILES string of the molecule is CC1CC(Cl)(c2ccc3c(c2)CNCc2nncn2-3)CCC1c1cccc2ccccc12. The summed E-state index contributed by atoms with van der Waals surface area (Å²) in [7, 11) is 0. The third-order valence-corrected chi connectivity index (χ3v) is 8.04. The van der Waals surface area contributed by atoms with Crippen molar-refractivity contribution in [3.05, 3.63) is 89.5 Å². The number of fused-ring (bicyclic) bond motifs is 4. The number of alkyl halides is 1. The van der Waals surface area contributed by atoms with Crippen LogP contribution in [-0.4, -0.2) is 14.8 Å². The van der Waals surface area contributed by atoms with E-state index in [4.69, 9.17) is 11.6 Å². The highest BCUT2D eigenvalue weighted by Gasteiger charge is 2.40. The highest BCUT2D eigenvalue weighted by molar-refractivity contribution is 6.24. The van der Waals surface area contributed by atoms with Gasteiger partial charge in [-0.05, 0) is 64.6 Å². The van der Waals surface area contributed by atoms with E-state index in [1.54, 1.807) is 6.33 Å². The molecule has 0 amide bonds. The number of hydrogen-bond donors (Lipinski definition) is 1.